The van der Waals surface area contributed by atoms with Gasteiger partial charge in [-0.2, -0.15) is 5.26 Å². The van der Waals surface area contributed by atoms with Gasteiger partial charge in [-0.25, -0.2) is 13.2 Å². The molecule has 3 fully saturated rings. The molecule has 0 bridgehead atoms. The van der Waals surface area contributed by atoms with Crippen molar-refractivity contribution in [2.24, 2.45) is 17.8 Å². The number of hydrogen-bond donors (Lipinski definition) is 1. The number of likely N-dealkylation sites (tertiary alicyclic amines) is 1. The van der Waals surface area contributed by atoms with Gasteiger partial charge in [-0.1, -0.05) is 30.3 Å². The number of pyridine rings is 1. The number of rotatable bonds is 9. The van der Waals surface area contributed by atoms with Gasteiger partial charge in [-0.05, 0) is 93.1 Å². The summed E-state index contributed by atoms with van der Waals surface area (Å²) in [5, 5.41) is 13.5. The fourth-order valence-corrected chi connectivity index (χ4v) is 9.06. The molecule has 3 aromatic rings. The van der Waals surface area contributed by atoms with Crippen molar-refractivity contribution in [1.29, 1.82) is 5.26 Å². The van der Waals surface area contributed by atoms with E-state index in [-0.39, 0.29) is 27.7 Å². The SMILES string of the molecule is CNC(=O)O[C@@H]1CCCC1C(C#N)(c1ccccc1)C1CCN(CC2CN(c3ccc(S(=O)(=O)c4ccncc4)cc3)C2)CC1. The van der Waals surface area contributed by atoms with Gasteiger partial charge in [0.2, 0.25) is 9.84 Å². The van der Waals surface area contributed by atoms with Crippen LogP contribution in [-0.2, 0) is 20.0 Å². The Hall–Kier alpha value is -3.94. The van der Waals surface area contributed by atoms with E-state index in [1.807, 2.05) is 30.3 Å². The minimum atomic E-state index is -3.56. The van der Waals surface area contributed by atoms with Crippen LogP contribution in [0.4, 0.5) is 10.5 Å². The molecule has 2 saturated heterocycles. The van der Waals surface area contributed by atoms with E-state index in [0.29, 0.717) is 5.92 Å². The van der Waals surface area contributed by atoms with Crippen LogP contribution >= 0.6 is 0 Å². The maximum Gasteiger partial charge on any atom is 0.407 e. The summed E-state index contributed by atoms with van der Waals surface area (Å²) >= 11 is 0. The highest BCUT2D eigenvalue weighted by Crippen LogP contribution is 2.51. The van der Waals surface area contributed by atoms with Gasteiger partial charge in [-0.15, -0.1) is 0 Å². The summed E-state index contributed by atoms with van der Waals surface area (Å²) in [6, 6.07) is 23.2. The van der Waals surface area contributed by atoms with Gasteiger partial charge in [0.1, 0.15) is 6.10 Å². The second kappa shape index (κ2) is 13.2. The zero-order valence-electron chi connectivity index (χ0n) is 25.7. The molecule has 0 spiro atoms. The van der Waals surface area contributed by atoms with Crippen LogP contribution in [0.3, 0.4) is 0 Å². The van der Waals surface area contributed by atoms with E-state index < -0.39 is 21.3 Å². The van der Waals surface area contributed by atoms with Crippen molar-refractivity contribution in [2.75, 3.05) is 44.7 Å². The molecule has 3 aliphatic rings. The van der Waals surface area contributed by atoms with Crippen molar-refractivity contribution in [1.82, 2.24) is 15.2 Å². The van der Waals surface area contributed by atoms with Crippen LogP contribution in [0, 0.1) is 29.1 Å². The average Bonchev–Trinajstić information content (AvgIpc) is 3.53. The van der Waals surface area contributed by atoms with E-state index in [1.54, 1.807) is 19.2 Å². The molecule has 3 heterocycles. The highest BCUT2D eigenvalue weighted by molar-refractivity contribution is 7.91. The standard InChI is InChI=1S/C35H41N5O4S/c1-37-34(41)44-33-9-5-8-32(33)35(25-36,27-6-3-2-4-7-27)28-16-20-39(21-17-28)22-26-23-40(24-26)29-10-12-30(13-11-29)45(42,43)31-14-18-38-19-15-31/h2-4,6-7,10-15,18-19,26,28,32-33H,5,8-9,16-17,20-24H2,1H3,(H,37,41)/t32?,33-,35?/m1/s1. The second-order valence-electron chi connectivity index (χ2n) is 12.6. The van der Waals surface area contributed by atoms with Crippen molar-refractivity contribution < 1.29 is 17.9 Å². The fourth-order valence-electron chi connectivity index (χ4n) is 7.81. The van der Waals surface area contributed by atoms with Crippen molar-refractivity contribution >= 4 is 21.6 Å². The Labute approximate surface area is 266 Å². The first-order chi connectivity index (χ1) is 21.8. The van der Waals surface area contributed by atoms with Crippen LogP contribution in [0.1, 0.15) is 37.7 Å². The summed E-state index contributed by atoms with van der Waals surface area (Å²) in [5.74, 6) is 0.682. The van der Waals surface area contributed by atoms with Crippen LogP contribution in [-0.4, -0.2) is 70.3 Å². The highest BCUT2D eigenvalue weighted by atomic mass is 32.2. The number of nitrogens with zero attached hydrogens (tertiary/aromatic N) is 4. The van der Waals surface area contributed by atoms with Crippen molar-refractivity contribution in [3.63, 3.8) is 0 Å². The van der Waals surface area contributed by atoms with E-state index in [1.165, 1.54) is 24.5 Å². The molecular formula is C35H41N5O4S. The fraction of sp³-hybridized carbons (Fsp3) is 0.457. The molecule has 1 N–H and O–H groups in total. The number of piperidine rings is 1. The molecule has 9 nitrogen and oxygen atoms in total. The summed E-state index contributed by atoms with van der Waals surface area (Å²) < 4.78 is 31.7. The number of nitrogens with one attached hydrogen (secondary N) is 1. The molecule has 2 aromatic carbocycles. The molecular weight excluding hydrogens is 586 g/mol. The molecule has 10 heteroatoms. The molecule has 6 rings (SSSR count). The third-order valence-electron chi connectivity index (χ3n) is 10.1. The van der Waals surface area contributed by atoms with Gasteiger partial charge < -0.3 is 19.9 Å². The lowest BCUT2D eigenvalue weighted by Gasteiger charge is -2.47. The van der Waals surface area contributed by atoms with Crippen LogP contribution in [0.2, 0.25) is 0 Å². The number of nitriles is 1. The Morgan fingerprint density at radius 1 is 0.978 bits per heavy atom. The molecule has 1 aromatic heterocycles. The number of amides is 1. The number of sulfone groups is 1. The Morgan fingerprint density at radius 2 is 1.64 bits per heavy atom. The van der Waals surface area contributed by atoms with E-state index in [0.717, 1.165) is 76.1 Å². The van der Waals surface area contributed by atoms with Crippen LogP contribution in [0.15, 0.2) is 88.9 Å². The molecule has 1 amide bonds. The number of carbonyl (C=O) groups is 1. The van der Waals surface area contributed by atoms with Crippen LogP contribution in [0.5, 0.6) is 0 Å². The molecule has 0 radical (unpaired) electrons. The van der Waals surface area contributed by atoms with Gasteiger partial charge in [-0.3, -0.25) is 4.98 Å². The quantitative estimate of drug-likeness (QED) is 0.351. The van der Waals surface area contributed by atoms with E-state index >= 15 is 0 Å². The van der Waals surface area contributed by atoms with E-state index in [9.17, 15) is 18.5 Å². The Bertz CT molecular complexity index is 1600. The molecule has 2 aliphatic heterocycles. The highest BCUT2D eigenvalue weighted by Gasteiger charge is 2.53. The predicted octanol–water partition coefficient (Wildman–Crippen LogP) is 5.05. The number of benzene rings is 2. The van der Waals surface area contributed by atoms with E-state index in [2.05, 4.69) is 38.3 Å². The van der Waals surface area contributed by atoms with Crippen LogP contribution in [0.25, 0.3) is 0 Å². The number of ether oxygens (including phenoxy) is 1. The maximum absolute atomic E-state index is 12.9. The predicted molar refractivity (Wildman–Crippen MR) is 171 cm³/mol. The van der Waals surface area contributed by atoms with Crippen LogP contribution < -0.4 is 10.2 Å². The van der Waals surface area contributed by atoms with Gasteiger partial charge in [0.05, 0.1) is 21.3 Å². The first-order valence-corrected chi connectivity index (χ1v) is 17.4. The van der Waals surface area contributed by atoms with Crippen molar-refractivity contribution in [3.05, 3.63) is 84.7 Å². The minimum Gasteiger partial charge on any atom is -0.446 e. The van der Waals surface area contributed by atoms with Crippen molar-refractivity contribution in [3.8, 4) is 6.07 Å². The largest absolute Gasteiger partial charge is 0.446 e. The lowest BCUT2D eigenvalue weighted by molar-refractivity contribution is 0.0307. The monoisotopic (exact) mass is 627 g/mol. The minimum absolute atomic E-state index is 0.0370. The summed E-state index contributed by atoms with van der Waals surface area (Å²) in [4.78, 5) is 21.5. The number of aromatic nitrogens is 1. The Balaban J connectivity index is 1.07. The van der Waals surface area contributed by atoms with E-state index in [4.69, 9.17) is 4.74 Å². The zero-order chi connectivity index (χ0) is 31.4. The summed E-state index contributed by atoms with van der Waals surface area (Å²) in [6.07, 6.45) is 6.74. The smallest absolute Gasteiger partial charge is 0.407 e. The molecule has 2 unspecified atom stereocenters. The topological polar surface area (TPSA) is 116 Å². The Kier molecular flexibility index (Phi) is 9.11. The molecule has 1 aliphatic carbocycles. The molecule has 3 atom stereocenters. The average molecular weight is 628 g/mol. The first-order valence-electron chi connectivity index (χ1n) is 15.9. The maximum atomic E-state index is 12.9. The first kappa shape index (κ1) is 31.1. The zero-order valence-corrected chi connectivity index (χ0v) is 26.5. The second-order valence-corrected chi connectivity index (χ2v) is 14.6. The number of carbonyl (C=O) groups excluding carboxylic acids is 1. The lowest BCUT2D eigenvalue weighted by atomic mass is 9.59. The number of hydrogen-bond acceptors (Lipinski definition) is 8. The number of alkyl carbamates (subject to hydrolysis) is 1. The number of anilines is 1. The summed E-state index contributed by atoms with van der Waals surface area (Å²) in [6.45, 7) is 4.75. The van der Waals surface area contributed by atoms with Gasteiger partial charge in [0.15, 0.2) is 0 Å². The molecule has 236 valence electrons. The Morgan fingerprint density at radius 3 is 2.29 bits per heavy atom. The van der Waals surface area contributed by atoms with Crippen molar-refractivity contribution in [2.45, 2.75) is 53.4 Å². The lowest BCUT2D eigenvalue weighted by Crippen LogP contribution is -2.54. The summed E-state index contributed by atoms with van der Waals surface area (Å²) in [7, 11) is -1.99. The molecule has 45 heavy (non-hydrogen) atoms. The summed E-state index contributed by atoms with van der Waals surface area (Å²) in [5.41, 5.74) is 1.37. The van der Waals surface area contributed by atoms with Gasteiger partial charge in [0.25, 0.3) is 0 Å². The van der Waals surface area contributed by atoms with Gasteiger partial charge in [0, 0.05) is 56.6 Å². The van der Waals surface area contributed by atoms with Gasteiger partial charge >= 0.3 is 6.09 Å². The normalized spacial score (nSPS) is 22.6. The third-order valence-corrected chi connectivity index (χ3v) is 11.9. The molecule has 1 saturated carbocycles. The third kappa shape index (κ3) is 6.16.